The smallest absolute Gasteiger partial charge is 0.252 e. The third-order valence-electron chi connectivity index (χ3n) is 6.92. The van der Waals surface area contributed by atoms with Crippen LogP contribution in [0.3, 0.4) is 0 Å². The number of tetrazole rings is 1. The van der Waals surface area contributed by atoms with Crippen molar-refractivity contribution in [2.45, 2.75) is 83.8 Å². The van der Waals surface area contributed by atoms with Crippen LogP contribution in [0.4, 0.5) is 0 Å². The van der Waals surface area contributed by atoms with Crippen LogP contribution >= 0.6 is 0 Å². The van der Waals surface area contributed by atoms with Crippen molar-refractivity contribution in [1.82, 2.24) is 30.1 Å². The first-order valence-electron chi connectivity index (χ1n) is 13.1. The first-order valence-corrected chi connectivity index (χ1v) is 13.1. The summed E-state index contributed by atoms with van der Waals surface area (Å²) in [5.41, 5.74) is 1.37. The summed E-state index contributed by atoms with van der Waals surface area (Å²) >= 11 is 0. The molecular formula is C26H38N6O3. The van der Waals surface area contributed by atoms with Crippen LogP contribution in [0, 0.1) is 0 Å². The second-order valence-corrected chi connectivity index (χ2v) is 9.43. The summed E-state index contributed by atoms with van der Waals surface area (Å²) in [6, 6.07) is 7.96. The molecule has 1 aliphatic carbocycles. The highest BCUT2D eigenvalue weighted by Gasteiger charge is 2.29. The molecule has 2 aromatic heterocycles. The van der Waals surface area contributed by atoms with E-state index in [1.54, 1.807) is 0 Å². The number of benzene rings is 1. The Balaban J connectivity index is 1.67. The lowest BCUT2D eigenvalue weighted by Gasteiger charge is -2.32. The molecule has 190 valence electrons. The highest BCUT2D eigenvalue weighted by Crippen LogP contribution is 2.32. The Morgan fingerprint density at radius 1 is 1.23 bits per heavy atom. The summed E-state index contributed by atoms with van der Waals surface area (Å²) in [4.78, 5) is 18.3. The molecule has 1 unspecified atom stereocenters. The molecule has 2 N–H and O–H groups in total. The number of aromatic nitrogens is 5. The molecule has 0 spiro atoms. The van der Waals surface area contributed by atoms with E-state index < -0.39 is 0 Å². The lowest BCUT2D eigenvalue weighted by molar-refractivity contribution is 0.143. The normalized spacial score (nSPS) is 15.7. The van der Waals surface area contributed by atoms with E-state index in [4.69, 9.17) is 4.74 Å². The van der Waals surface area contributed by atoms with Gasteiger partial charge in [-0.05, 0) is 67.3 Å². The fourth-order valence-electron chi connectivity index (χ4n) is 5.20. The van der Waals surface area contributed by atoms with Crippen molar-refractivity contribution in [1.29, 1.82) is 0 Å². The molecule has 0 saturated heterocycles. The van der Waals surface area contributed by atoms with Gasteiger partial charge in [0.2, 0.25) is 0 Å². The van der Waals surface area contributed by atoms with Crippen LogP contribution in [-0.2, 0) is 6.54 Å². The van der Waals surface area contributed by atoms with Crippen LogP contribution in [0.2, 0.25) is 0 Å². The van der Waals surface area contributed by atoms with Gasteiger partial charge < -0.3 is 14.8 Å². The van der Waals surface area contributed by atoms with Crippen LogP contribution in [-0.4, -0.2) is 55.0 Å². The number of ether oxygens (including phenoxy) is 1. The lowest BCUT2D eigenvalue weighted by Crippen LogP contribution is -2.34. The summed E-state index contributed by atoms with van der Waals surface area (Å²) in [7, 11) is 0. The number of nitrogens with one attached hydrogen (secondary N) is 1. The Labute approximate surface area is 206 Å². The van der Waals surface area contributed by atoms with Gasteiger partial charge in [-0.25, -0.2) is 4.68 Å². The number of hydrogen-bond donors (Lipinski definition) is 2. The number of aromatic amines is 1. The van der Waals surface area contributed by atoms with Gasteiger partial charge in [-0.1, -0.05) is 32.6 Å². The maximum absolute atomic E-state index is 13.0. The quantitative estimate of drug-likeness (QED) is 0.399. The van der Waals surface area contributed by atoms with E-state index in [0.29, 0.717) is 37.7 Å². The minimum Gasteiger partial charge on any atom is -0.494 e. The molecule has 0 bridgehead atoms. The average molecular weight is 483 g/mol. The molecule has 0 amide bonds. The SMILES string of the molecule is CCCC(c1nnnn1C1CCCCC1)N(CCCO)Cc1cc2cc(OCC)ccc2[nH]c1=O. The second kappa shape index (κ2) is 12.3. The molecule has 1 fully saturated rings. The van der Waals surface area contributed by atoms with Crippen molar-refractivity contribution in [2.75, 3.05) is 19.8 Å². The Bertz CT molecular complexity index is 1140. The van der Waals surface area contributed by atoms with Gasteiger partial charge in [0, 0.05) is 36.2 Å². The van der Waals surface area contributed by atoms with E-state index in [1.165, 1.54) is 19.3 Å². The zero-order chi connectivity index (χ0) is 24.6. The van der Waals surface area contributed by atoms with Gasteiger partial charge >= 0.3 is 0 Å². The molecule has 1 saturated carbocycles. The number of H-pyrrole nitrogens is 1. The molecule has 1 atom stereocenters. The maximum atomic E-state index is 13.0. The number of rotatable bonds is 12. The molecule has 9 heteroatoms. The van der Waals surface area contributed by atoms with Gasteiger partial charge in [0.25, 0.3) is 5.56 Å². The summed E-state index contributed by atoms with van der Waals surface area (Å²) < 4.78 is 7.69. The van der Waals surface area contributed by atoms with Gasteiger partial charge in [-0.3, -0.25) is 9.69 Å². The van der Waals surface area contributed by atoms with Crippen LogP contribution < -0.4 is 10.3 Å². The van der Waals surface area contributed by atoms with Gasteiger partial charge in [-0.2, -0.15) is 0 Å². The molecule has 35 heavy (non-hydrogen) atoms. The number of hydrogen-bond acceptors (Lipinski definition) is 7. The van der Waals surface area contributed by atoms with Crippen molar-refractivity contribution in [2.24, 2.45) is 0 Å². The van der Waals surface area contributed by atoms with E-state index in [9.17, 15) is 9.90 Å². The Morgan fingerprint density at radius 2 is 2.06 bits per heavy atom. The van der Waals surface area contributed by atoms with Crippen molar-refractivity contribution in [3.8, 4) is 5.75 Å². The standard InChI is InChI=1S/C26H38N6O3/c1-3-9-24(25-28-29-30-32(25)21-10-6-5-7-11-21)31(14-8-15-33)18-20-16-19-17-22(35-4-2)12-13-23(19)27-26(20)34/h12-13,16-17,21,24,33H,3-11,14-15,18H2,1-2H3,(H,27,34). The van der Waals surface area contributed by atoms with Crippen molar-refractivity contribution >= 4 is 10.9 Å². The summed E-state index contributed by atoms with van der Waals surface area (Å²) in [6.07, 6.45) is 8.32. The van der Waals surface area contributed by atoms with Crippen molar-refractivity contribution < 1.29 is 9.84 Å². The van der Waals surface area contributed by atoms with E-state index in [-0.39, 0.29) is 18.2 Å². The fourth-order valence-corrected chi connectivity index (χ4v) is 5.20. The fraction of sp³-hybridized carbons (Fsp3) is 0.615. The van der Waals surface area contributed by atoms with E-state index in [0.717, 1.165) is 48.2 Å². The van der Waals surface area contributed by atoms with Crippen LogP contribution in [0.25, 0.3) is 10.9 Å². The topological polar surface area (TPSA) is 109 Å². The van der Waals surface area contributed by atoms with Gasteiger partial charge in [0.1, 0.15) is 5.75 Å². The predicted molar refractivity (Wildman–Crippen MR) is 135 cm³/mol. The second-order valence-electron chi connectivity index (χ2n) is 9.43. The van der Waals surface area contributed by atoms with Gasteiger partial charge in [0.15, 0.2) is 5.82 Å². The number of pyridine rings is 1. The Morgan fingerprint density at radius 3 is 2.80 bits per heavy atom. The lowest BCUT2D eigenvalue weighted by atomic mass is 9.95. The van der Waals surface area contributed by atoms with Crippen LogP contribution in [0.1, 0.15) is 88.7 Å². The third kappa shape index (κ3) is 6.08. The van der Waals surface area contributed by atoms with Crippen molar-refractivity contribution in [3.05, 3.63) is 46.0 Å². The van der Waals surface area contributed by atoms with Crippen molar-refractivity contribution in [3.63, 3.8) is 0 Å². The molecule has 0 aliphatic heterocycles. The molecular weight excluding hydrogens is 444 g/mol. The van der Waals surface area contributed by atoms with Crippen LogP contribution in [0.15, 0.2) is 29.1 Å². The van der Waals surface area contributed by atoms with Crippen LogP contribution in [0.5, 0.6) is 5.75 Å². The molecule has 0 radical (unpaired) electrons. The molecule has 4 rings (SSSR count). The molecule has 3 aromatic rings. The highest BCUT2D eigenvalue weighted by molar-refractivity contribution is 5.80. The number of aliphatic hydroxyl groups excluding tert-OH is 1. The number of fused-ring (bicyclic) bond motifs is 1. The highest BCUT2D eigenvalue weighted by atomic mass is 16.5. The van der Waals surface area contributed by atoms with E-state index in [2.05, 4.69) is 32.3 Å². The predicted octanol–water partition coefficient (Wildman–Crippen LogP) is 4.14. The third-order valence-corrected chi connectivity index (χ3v) is 6.92. The molecule has 1 aliphatic rings. The number of aliphatic hydroxyl groups is 1. The maximum Gasteiger partial charge on any atom is 0.252 e. The summed E-state index contributed by atoms with van der Waals surface area (Å²) in [6.45, 7) is 5.89. The zero-order valence-electron chi connectivity index (χ0n) is 20.9. The zero-order valence-corrected chi connectivity index (χ0v) is 20.9. The minimum absolute atomic E-state index is 0.0340. The Hall–Kier alpha value is -2.78. The number of nitrogens with zero attached hydrogens (tertiary/aromatic N) is 5. The monoisotopic (exact) mass is 482 g/mol. The van der Waals surface area contributed by atoms with Gasteiger partial charge in [0.05, 0.1) is 18.7 Å². The first kappa shape index (κ1) is 25.3. The molecule has 2 heterocycles. The molecule has 1 aromatic carbocycles. The van der Waals surface area contributed by atoms with E-state index in [1.807, 2.05) is 35.9 Å². The minimum atomic E-state index is -0.0993. The first-order chi connectivity index (χ1) is 17.1. The average Bonchev–Trinajstić information content (AvgIpc) is 3.36. The van der Waals surface area contributed by atoms with Gasteiger partial charge in [-0.15, -0.1) is 5.10 Å². The van der Waals surface area contributed by atoms with E-state index >= 15 is 0 Å². The largest absolute Gasteiger partial charge is 0.494 e. The molecule has 9 nitrogen and oxygen atoms in total. The Kier molecular flexibility index (Phi) is 8.87. The summed E-state index contributed by atoms with van der Waals surface area (Å²) in [5.74, 6) is 1.65. The summed E-state index contributed by atoms with van der Waals surface area (Å²) in [5, 5.41) is 23.5.